The second-order valence-electron chi connectivity index (χ2n) is 7.07. The maximum absolute atomic E-state index is 13.0. The van der Waals surface area contributed by atoms with E-state index in [0.717, 1.165) is 17.0 Å². The molecule has 0 saturated carbocycles. The summed E-state index contributed by atoms with van der Waals surface area (Å²) >= 11 is 1.81. The number of nitrogens with zero attached hydrogens (tertiary/aromatic N) is 2. The number of fused-ring (bicyclic) bond motifs is 1. The van der Waals surface area contributed by atoms with Gasteiger partial charge in [0.15, 0.2) is 0 Å². The predicted octanol–water partition coefficient (Wildman–Crippen LogP) is 4.67. The summed E-state index contributed by atoms with van der Waals surface area (Å²) < 4.78 is 5.81. The lowest BCUT2D eigenvalue weighted by atomic mass is 10.2. The van der Waals surface area contributed by atoms with Crippen molar-refractivity contribution in [1.29, 1.82) is 5.26 Å². The molecule has 6 heteroatoms. The minimum absolute atomic E-state index is 0.00000709. The Balaban J connectivity index is 1.78. The number of benzene rings is 2. The number of hydrogen-bond acceptors (Lipinski definition) is 5. The quantitative estimate of drug-likeness (QED) is 0.797. The first kappa shape index (κ1) is 20.1. The van der Waals surface area contributed by atoms with Gasteiger partial charge in [-0.1, -0.05) is 19.1 Å². The summed E-state index contributed by atoms with van der Waals surface area (Å²) in [5.74, 6) is 0.641. The van der Waals surface area contributed by atoms with E-state index in [2.05, 4.69) is 24.4 Å². The second-order valence-corrected chi connectivity index (χ2v) is 8.55. The van der Waals surface area contributed by atoms with E-state index in [1.807, 2.05) is 48.7 Å². The highest BCUT2D eigenvalue weighted by atomic mass is 32.2. The van der Waals surface area contributed by atoms with E-state index in [1.165, 1.54) is 0 Å². The third-order valence-electron chi connectivity index (χ3n) is 4.45. The van der Waals surface area contributed by atoms with Gasteiger partial charge in [0.05, 0.1) is 35.7 Å². The van der Waals surface area contributed by atoms with Gasteiger partial charge in [-0.15, -0.1) is 11.8 Å². The summed E-state index contributed by atoms with van der Waals surface area (Å²) in [6.07, 6.45) is 0.941. The Morgan fingerprint density at radius 2 is 2.14 bits per heavy atom. The molecule has 1 amide bonds. The van der Waals surface area contributed by atoms with E-state index in [9.17, 15) is 10.1 Å². The second kappa shape index (κ2) is 9.03. The smallest absolute Gasteiger partial charge is 0.246 e. The van der Waals surface area contributed by atoms with Crippen LogP contribution in [-0.2, 0) is 4.79 Å². The van der Waals surface area contributed by atoms with Gasteiger partial charge in [0.25, 0.3) is 0 Å². The van der Waals surface area contributed by atoms with E-state index in [-0.39, 0.29) is 18.6 Å². The van der Waals surface area contributed by atoms with Crippen LogP contribution in [0.4, 0.5) is 11.4 Å². The van der Waals surface area contributed by atoms with Crippen molar-refractivity contribution in [3.05, 3.63) is 48.0 Å². The van der Waals surface area contributed by atoms with Crippen LogP contribution in [0.2, 0.25) is 0 Å². The summed E-state index contributed by atoms with van der Waals surface area (Å²) in [6, 6.07) is 15.4. The van der Waals surface area contributed by atoms with Gasteiger partial charge >= 0.3 is 0 Å². The molecule has 1 aliphatic rings. The van der Waals surface area contributed by atoms with E-state index in [0.29, 0.717) is 28.8 Å². The van der Waals surface area contributed by atoms with Crippen LogP contribution < -0.4 is 15.0 Å². The Hall–Kier alpha value is -2.65. The zero-order chi connectivity index (χ0) is 20.1. The number of rotatable bonds is 5. The molecule has 1 aliphatic heterocycles. The molecule has 5 nitrogen and oxygen atoms in total. The number of carbonyl (C=O) groups excluding carboxylic acids is 1. The van der Waals surface area contributed by atoms with Gasteiger partial charge in [0, 0.05) is 16.7 Å². The van der Waals surface area contributed by atoms with Gasteiger partial charge < -0.3 is 15.0 Å². The summed E-state index contributed by atoms with van der Waals surface area (Å²) in [7, 11) is 0. The summed E-state index contributed by atoms with van der Waals surface area (Å²) in [6.45, 7) is 6.91. The number of carbonyl (C=O) groups is 1. The SMILES string of the molecule is CC(C)Oc1ccc(C#N)cc1NCC(=O)N1CCC(C)Sc2ccccc21. The Bertz CT molecular complexity index is 892. The molecule has 0 radical (unpaired) electrons. The maximum atomic E-state index is 13.0. The van der Waals surface area contributed by atoms with Gasteiger partial charge in [0.1, 0.15) is 5.75 Å². The number of hydrogen-bond donors (Lipinski definition) is 1. The Kier molecular flexibility index (Phi) is 6.48. The summed E-state index contributed by atoms with van der Waals surface area (Å²) in [5.41, 5.74) is 2.15. The molecule has 2 aromatic carbocycles. The number of anilines is 2. The monoisotopic (exact) mass is 395 g/mol. The molecule has 1 unspecified atom stereocenters. The van der Waals surface area contributed by atoms with Gasteiger partial charge in [-0.25, -0.2) is 0 Å². The number of nitriles is 1. The van der Waals surface area contributed by atoms with E-state index >= 15 is 0 Å². The summed E-state index contributed by atoms with van der Waals surface area (Å²) in [4.78, 5) is 16.0. The van der Waals surface area contributed by atoms with Crippen LogP contribution in [0, 0.1) is 11.3 Å². The molecule has 0 aliphatic carbocycles. The van der Waals surface area contributed by atoms with Crippen molar-refractivity contribution in [2.24, 2.45) is 0 Å². The molecule has 3 rings (SSSR count). The van der Waals surface area contributed by atoms with Crippen LogP contribution in [0.5, 0.6) is 5.75 Å². The maximum Gasteiger partial charge on any atom is 0.246 e. The Morgan fingerprint density at radius 3 is 2.89 bits per heavy atom. The van der Waals surface area contributed by atoms with Crippen molar-refractivity contribution in [2.45, 2.75) is 43.4 Å². The third-order valence-corrected chi connectivity index (χ3v) is 5.68. The number of para-hydroxylation sites is 1. The molecule has 28 heavy (non-hydrogen) atoms. The molecule has 1 heterocycles. The largest absolute Gasteiger partial charge is 0.489 e. The molecule has 0 saturated heterocycles. The summed E-state index contributed by atoms with van der Waals surface area (Å²) in [5, 5.41) is 12.8. The normalized spacial score (nSPS) is 16.1. The van der Waals surface area contributed by atoms with E-state index in [4.69, 9.17) is 4.74 Å². The fraction of sp³-hybridized carbons (Fsp3) is 0.364. The molecular formula is C22H25N3O2S. The average Bonchev–Trinajstić information content (AvgIpc) is 2.84. The first-order valence-corrected chi connectivity index (χ1v) is 10.4. The van der Waals surface area contributed by atoms with Gasteiger partial charge in [-0.2, -0.15) is 5.26 Å². The van der Waals surface area contributed by atoms with E-state index in [1.54, 1.807) is 18.2 Å². The third kappa shape index (κ3) is 4.79. The highest BCUT2D eigenvalue weighted by Gasteiger charge is 2.24. The standard InChI is InChI=1S/C22H25N3O2S/c1-15(2)27-20-9-8-17(13-23)12-18(20)24-14-22(26)25-11-10-16(3)28-21-7-5-4-6-19(21)25/h4-9,12,15-16,24H,10-11,14H2,1-3H3. The first-order chi connectivity index (χ1) is 13.5. The minimum atomic E-state index is 0.00000709. The lowest BCUT2D eigenvalue weighted by molar-refractivity contribution is -0.117. The van der Waals surface area contributed by atoms with Crippen LogP contribution >= 0.6 is 11.8 Å². The van der Waals surface area contributed by atoms with Crippen LogP contribution in [0.25, 0.3) is 0 Å². The highest BCUT2D eigenvalue weighted by molar-refractivity contribution is 8.00. The van der Waals surface area contributed by atoms with Crippen molar-refractivity contribution in [2.75, 3.05) is 23.3 Å². The number of thioether (sulfide) groups is 1. The lowest BCUT2D eigenvalue weighted by Gasteiger charge is -2.23. The van der Waals surface area contributed by atoms with Crippen molar-refractivity contribution in [3.8, 4) is 11.8 Å². The molecule has 0 aromatic heterocycles. The minimum Gasteiger partial charge on any atom is -0.489 e. The molecular weight excluding hydrogens is 370 g/mol. The van der Waals surface area contributed by atoms with Crippen LogP contribution in [0.15, 0.2) is 47.4 Å². The Labute approximate surface area is 170 Å². The fourth-order valence-corrected chi connectivity index (χ4v) is 4.22. The Morgan fingerprint density at radius 1 is 1.36 bits per heavy atom. The van der Waals surface area contributed by atoms with Gasteiger partial charge in [0.2, 0.25) is 5.91 Å². The van der Waals surface area contributed by atoms with Crippen LogP contribution in [-0.4, -0.2) is 30.4 Å². The molecule has 0 fully saturated rings. The zero-order valence-corrected chi connectivity index (χ0v) is 17.3. The molecule has 146 valence electrons. The lowest BCUT2D eigenvalue weighted by Crippen LogP contribution is -2.36. The zero-order valence-electron chi connectivity index (χ0n) is 16.4. The van der Waals surface area contributed by atoms with Gasteiger partial charge in [-0.3, -0.25) is 4.79 Å². The number of amides is 1. The van der Waals surface area contributed by atoms with Crippen LogP contribution in [0.3, 0.4) is 0 Å². The number of ether oxygens (including phenoxy) is 1. The van der Waals surface area contributed by atoms with Crippen LogP contribution in [0.1, 0.15) is 32.8 Å². The molecule has 0 bridgehead atoms. The van der Waals surface area contributed by atoms with Crippen molar-refractivity contribution in [3.63, 3.8) is 0 Å². The highest BCUT2D eigenvalue weighted by Crippen LogP contribution is 2.37. The average molecular weight is 396 g/mol. The van der Waals surface area contributed by atoms with Crippen molar-refractivity contribution < 1.29 is 9.53 Å². The first-order valence-electron chi connectivity index (χ1n) is 9.48. The van der Waals surface area contributed by atoms with E-state index < -0.39 is 0 Å². The van der Waals surface area contributed by atoms with Gasteiger partial charge in [-0.05, 0) is 50.6 Å². The predicted molar refractivity (Wildman–Crippen MR) is 114 cm³/mol. The number of nitrogens with one attached hydrogen (secondary N) is 1. The fourth-order valence-electron chi connectivity index (χ4n) is 3.11. The molecule has 2 aromatic rings. The van der Waals surface area contributed by atoms with Crippen molar-refractivity contribution in [1.82, 2.24) is 0 Å². The molecule has 1 atom stereocenters. The van der Waals surface area contributed by atoms with Crippen molar-refractivity contribution >= 4 is 29.0 Å². The topological polar surface area (TPSA) is 65.4 Å². The molecule has 1 N–H and O–H groups in total. The molecule has 0 spiro atoms.